The highest BCUT2D eigenvalue weighted by molar-refractivity contribution is 5.98. The number of hydrogen-bond donors (Lipinski definition) is 2. The van der Waals surface area contributed by atoms with Crippen molar-refractivity contribution in [3.63, 3.8) is 0 Å². The highest BCUT2D eigenvalue weighted by Gasteiger charge is 2.26. The summed E-state index contributed by atoms with van der Waals surface area (Å²) in [6, 6.07) is 4.98. The number of carboxylic acids is 1. The summed E-state index contributed by atoms with van der Waals surface area (Å²) in [5, 5.41) is 9.26. The van der Waals surface area contributed by atoms with Crippen LogP contribution in [0.2, 0.25) is 0 Å². The summed E-state index contributed by atoms with van der Waals surface area (Å²) in [5.74, 6) is -0.955. The van der Waals surface area contributed by atoms with Crippen molar-refractivity contribution in [2.75, 3.05) is 11.4 Å². The van der Waals surface area contributed by atoms with Crippen LogP contribution in [-0.2, 0) is 11.2 Å². The Morgan fingerprint density at radius 3 is 2.86 bits per heavy atom. The molecule has 0 spiro atoms. The van der Waals surface area contributed by atoms with Crippen LogP contribution in [0.1, 0.15) is 48.5 Å². The molecule has 2 rings (SSSR count). The number of carbonyl (C=O) groups excluding carboxylic acids is 1. The lowest BCUT2D eigenvalue weighted by molar-refractivity contribution is -0.119. The minimum absolute atomic E-state index is 0.0144. The lowest BCUT2D eigenvalue weighted by Gasteiger charge is -2.31. The number of carboxylic acid groups (broad SMARTS) is 1. The monoisotopic (exact) mass is 290 g/mol. The molecule has 0 aromatic heterocycles. The number of nitrogens with zero attached hydrogens (tertiary/aromatic N) is 1. The molecule has 1 unspecified atom stereocenters. The molecule has 1 heterocycles. The van der Waals surface area contributed by atoms with Crippen LogP contribution in [0.15, 0.2) is 18.2 Å². The zero-order valence-electron chi connectivity index (χ0n) is 12.3. The minimum atomic E-state index is -0.941. The van der Waals surface area contributed by atoms with Gasteiger partial charge >= 0.3 is 5.97 Å². The summed E-state index contributed by atoms with van der Waals surface area (Å²) in [6.07, 6.45) is 3.56. The predicted octanol–water partition coefficient (Wildman–Crippen LogP) is 2.18. The first-order valence-electron chi connectivity index (χ1n) is 7.45. The largest absolute Gasteiger partial charge is 0.478 e. The van der Waals surface area contributed by atoms with Gasteiger partial charge < -0.3 is 15.7 Å². The molecule has 5 nitrogen and oxygen atoms in total. The van der Waals surface area contributed by atoms with Gasteiger partial charge in [0.2, 0.25) is 5.91 Å². The molecule has 1 aromatic rings. The number of nitrogens with two attached hydrogens (primary N) is 1. The van der Waals surface area contributed by atoms with Crippen molar-refractivity contribution in [1.29, 1.82) is 0 Å². The zero-order chi connectivity index (χ0) is 15.4. The average molecular weight is 290 g/mol. The number of aromatic carboxylic acids is 1. The fourth-order valence-electron chi connectivity index (χ4n) is 2.89. The first-order chi connectivity index (χ1) is 10.0. The molecular weight excluding hydrogens is 268 g/mol. The molecule has 1 amide bonds. The van der Waals surface area contributed by atoms with Crippen LogP contribution in [0.3, 0.4) is 0 Å². The molecule has 1 atom stereocenters. The van der Waals surface area contributed by atoms with Crippen molar-refractivity contribution in [3.05, 3.63) is 29.3 Å². The van der Waals surface area contributed by atoms with E-state index in [1.165, 1.54) is 0 Å². The lowest BCUT2D eigenvalue weighted by Crippen LogP contribution is -2.39. The normalized spacial score (nSPS) is 15.4. The van der Waals surface area contributed by atoms with Crippen molar-refractivity contribution in [1.82, 2.24) is 0 Å². The number of carbonyl (C=O) groups is 2. The van der Waals surface area contributed by atoms with Crippen LogP contribution in [0, 0.1) is 0 Å². The van der Waals surface area contributed by atoms with E-state index >= 15 is 0 Å². The topological polar surface area (TPSA) is 83.6 Å². The van der Waals surface area contributed by atoms with Crippen molar-refractivity contribution in [2.24, 2.45) is 5.73 Å². The number of benzene rings is 1. The smallest absolute Gasteiger partial charge is 0.336 e. The zero-order valence-corrected chi connectivity index (χ0v) is 12.3. The van der Waals surface area contributed by atoms with Gasteiger partial charge in [-0.05, 0) is 37.0 Å². The Hall–Kier alpha value is -1.88. The lowest BCUT2D eigenvalue weighted by atomic mass is 9.95. The standard InChI is InChI=1S/C16H22N2O3/c1-2-5-11(17)10-15(19)18-9-4-7-12-13(16(20)21)6-3-8-14(12)18/h3,6,8,11H,2,4-5,7,9-10,17H2,1H3,(H,20,21). The molecule has 5 heteroatoms. The maximum Gasteiger partial charge on any atom is 0.336 e. The Balaban J connectivity index is 2.24. The highest BCUT2D eigenvalue weighted by atomic mass is 16.4. The van der Waals surface area contributed by atoms with Gasteiger partial charge in [0.25, 0.3) is 0 Å². The van der Waals surface area contributed by atoms with Gasteiger partial charge in [-0.3, -0.25) is 4.79 Å². The Bertz CT molecular complexity index is 542. The summed E-state index contributed by atoms with van der Waals surface area (Å²) < 4.78 is 0. The van der Waals surface area contributed by atoms with Crippen molar-refractivity contribution < 1.29 is 14.7 Å². The Kier molecular flexibility index (Phi) is 4.96. The summed E-state index contributed by atoms with van der Waals surface area (Å²) >= 11 is 0. The van der Waals surface area contributed by atoms with E-state index in [9.17, 15) is 14.7 Å². The van der Waals surface area contributed by atoms with Gasteiger partial charge in [-0.15, -0.1) is 0 Å². The maximum atomic E-state index is 12.4. The van der Waals surface area contributed by atoms with E-state index in [4.69, 9.17) is 5.73 Å². The third kappa shape index (κ3) is 3.42. The van der Waals surface area contributed by atoms with E-state index in [1.54, 1.807) is 17.0 Å². The molecule has 0 bridgehead atoms. The van der Waals surface area contributed by atoms with Gasteiger partial charge in [0.05, 0.1) is 5.56 Å². The Labute approximate surface area is 124 Å². The van der Waals surface area contributed by atoms with Gasteiger partial charge in [-0.25, -0.2) is 4.79 Å². The van der Waals surface area contributed by atoms with E-state index in [2.05, 4.69) is 0 Å². The Morgan fingerprint density at radius 1 is 1.43 bits per heavy atom. The van der Waals surface area contributed by atoms with E-state index in [-0.39, 0.29) is 11.9 Å². The van der Waals surface area contributed by atoms with Crippen LogP contribution in [-0.4, -0.2) is 29.6 Å². The van der Waals surface area contributed by atoms with Crippen LogP contribution in [0.25, 0.3) is 0 Å². The summed E-state index contributed by atoms with van der Waals surface area (Å²) in [5.41, 5.74) is 7.73. The van der Waals surface area contributed by atoms with E-state index in [0.717, 1.165) is 30.5 Å². The number of amides is 1. The van der Waals surface area contributed by atoms with Gasteiger partial charge in [0, 0.05) is 24.7 Å². The molecular formula is C16H22N2O3. The first-order valence-corrected chi connectivity index (χ1v) is 7.45. The molecule has 1 aromatic carbocycles. The van der Waals surface area contributed by atoms with Crippen molar-refractivity contribution in [2.45, 2.75) is 45.1 Å². The van der Waals surface area contributed by atoms with Crippen LogP contribution in [0.4, 0.5) is 5.69 Å². The molecule has 21 heavy (non-hydrogen) atoms. The quantitative estimate of drug-likeness (QED) is 0.870. The molecule has 1 aliphatic rings. The first kappa shape index (κ1) is 15.5. The minimum Gasteiger partial charge on any atom is -0.478 e. The van der Waals surface area contributed by atoms with Gasteiger partial charge in [0.15, 0.2) is 0 Å². The SMILES string of the molecule is CCCC(N)CC(=O)N1CCCc2c(C(=O)O)cccc21. The fourth-order valence-corrected chi connectivity index (χ4v) is 2.89. The molecule has 0 radical (unpaired) electrons. The third-order valence-electron chi connectivity index (χ3n) is 3.88. The van der Waals surface area contributed by atoms with E-state index in [0.29, 0.717) is 24.9 Å². The second-order valence-corrected chi connectivity index (χ2v) is 5.51. The summed E-state index contributed by atoms with van der Waals surface area (Å²) in [4.78, 5) is 25.4. The van der Waals surface area contributed by atoms with E-state index in [1.807, 2.05) is 13.0 Å². The molecule has 0 saturated carbocycles. The third-order valence-corrected chi connectivity index (χ3v) is 3.88. The number of anilines is 1. The van der Waals surface area contributed by atoms with Crippen LogP contribution < -0.4 is 10.6 Å². The van der Waals surface area contributed by atoms with Crippen LogP contribution >= 0.6 is 0 Å². The molecule has 0 fully saturated rings. The maximum absolute atomic E-state index is 12.4. The molecule has 0 saturated heterocycles. The van der Waals surface area contributed by atoms with Gasteiger partial charge in [-0.2, -0.15) is 0 Å². The average Bonchev–Trinajstić information content (AvgIpc) is 2.45. The summed E-state index contributed by atoms with van der Waals surface area (Å²) in [7, 11) is 0. The molecule has 3 N–H and O–H groups in total. The molecule has 1 aliphatic heterocycles. The second-order valence-electron chi connectivity index (χ2n) is 5.51. The molecule has 0 aliphatic carbocycles. The fraction of sp³-hybridized carbons (Fsp3) is 0.500. The summed E-state index contributed by atoms with van der Waals surface area (Å²) in [6.45, 7) is 2.67. The van der Waals surface area contributed by atoms with Gasteiger partial charge in [0.1, 0.15) is 0 Å². The second kappa shape index (κ2) is 6.72. The van der Waals surface area contributed by atoms with Crippen molar-refractivity contribution >= 4 is 17.6 Å². The number of rotatable bonds is 5. The molecule has 114 valence electrons. The predicted molar refractivity (Wildman–Crippen MR) is 81.6 cm³/mol. The number of fused-ring (bicyclic) bond motifs is 1. The van der Waals surface area contributed by atoms with Crippen molar-refractivity contribution in [3.8, 4) is 0 Å². The Morgan fingerprint density at radius 2 is 2.19 bits per heavy atom. The van der Waals surface area contributed by atoms with Gasteiger partial charge in [-0.1, -0.05) is 19.4 Å². The van der Waals surface area contributed by atoms with E-state index < -0.39 is 5.97 Å². The number of hydrogen-bond acceptors (Lipinski definition) is 3. The van der Waals surface area contributed by atoms with Crippen LogP contribution in [0.5, 0.6) is 0 Å². The highest BCUT2D eigenvalue weighted by Crippen LogP contribution is 2.30.